The Balaban J connectivity index is 2.41. The van der Waals surface area contributed by atoms with Crippen molar-refractivity contribution in [1.29, 1.82) is 0 Å². The molecule has 5 nitrogen and oxygen atoms in total. The first-order valence-electron chi connectivity index (χ1n) is 7.64. The molecule has 1 saturated heterocycles. The minimum atomic E-state index is -4.63. The Bertz CT molecular complexity index is 752. The Kier molecular flexibility index (Phi) is 6.01. The number of hydrogen-bond donors (Lipinski definition) is 0. The summed E-state index contributed by atoms with van der Waals surface area (Å²) in [5.74, 6) is -0.672. The fourth-order valence-corrected chi connectivity index (χ4v) is 4.85. The Labute approximate surface area is 148 Å². The van der Waals surface area contributed by atoms with Crippen molar-refractivity contribution in [2.24, 2.45) is 0 Å². The van der Waals surface area contributed by atoms with Gasteiger partial charge in [-0.15, -0.1) is 0 Å². The monoisotopic (exact) mass is 399 g/mol. The number of hydrogen-bond acceptors (Lipinski definition) is 4. The first-order chi connectivity index (χ1) is 11.6. The number of piperidine rings is 1. The maximum atomic E-state index is 12.8. The van der Waals surface area contributed by atoms with E-state index in [1.165, 1.54) is 0 Å². The van der Waals surface area contributed by atoms with Gasteiger partial charge in [0.15, 0.2) is 0 Å². The minimum absolute atomic E-state index is 0.0726. The summed E-state index contributed by atoms with van der Waals surface area (Å²) in [6.45, 7) is 1.78. The van der Waals surface area contributed by atoms with Gasteiger partial charge in [0.1, 0.15) is 10.9 Å². The summed E-state index contributed by atoms with van der Waals surface area (Å²) >= 11 is 5.81. The number of rotatable bonds is 4. The highest BCUT2D eigenvalue weighted by Gasteiger charge is 2.40. The third-order valence-corrected chi connectivity index (χ3v) is 6.25. The number of nitrogens with zero attached hydrogens (tertiary/aromatic N) is 1. The van der Waals surface area contributed by atoms with Crippen molar-refractivity contribution in [3.8, 4) is 0 Å². The number of benzene rings is 1. The van der Waals surface area contributed by atoms with Gasteiger partial charge in [-0.2, -0.15) is 17.5 Å². The highest BCUT2D eigenvalue weighted by molar-refractivity contribution is 7.89. The number of ether oxygens (including phenoxy) is 1. The van der Waals surface area contributed by atoms with Gasteiger partial charge in [-0.3, -0.25) is 4.79 Å². The van der Waals surface area contributed by atoms with E-state index in [2.05, 4.69) is 0 Å². The molecule has 10 heteroatoms. The molecule has 1 aromatic rings. The van der Waals surface area contributed by atoms with Gasteiger partial charge in [0.25, 0.3) is 0 Å². The third kappa shape index (κ3) is 4.27. The average Bonchev–Trinajstić information content (AvgIpc) is 2.54. The Hall–Kier alpha value is -1.32. The summed E-state index contributed by atoms with van der Waals surface area (Å²) in [4.78, 5) is 11.6. The van der Waals surface area contributed by atoms with E-state index in [-0.39, 0.29) is 19.6 Å². The van der Waals surface area contributed by atoms with Crippen LogP contribution >= 0.6 is 11.6 Å². The van der Waals surface area contributed by atoms with Crippen LogP contribution in [-0.4, -0.2) is 37.9 Å². The lowest BCUT2D eigenvalue weighted by Crippen LogP contribution is -2.48. The molecule has 0 saturated carbocycles. The maximum absolute atomic E-state index is 12.8. The molecule has 1 atom stereocenters. The van der Waals surface area contributed by atoms with Crippen LogP contribution in [0, 0.1) is 0 Å². The highest BCUT2D eigenvalue weighted by Crippen LogP contribution is 2.35. The highest BCUT2D eigenvalue weighted by atomic mass is 35.5. The lowest BCUT2D eigenvalue weighted by Gasteiger charge is -2.33. The number of esters is 1. The number of halogens is 4. The van der Waals surface area contributed by atoms with Gasteiger partial charge < -0.3 is 4.74 Å². The zero-order chi connectivity index (χ0) is 18.8. The Morgan fingerprint density at radius 3 is 2.60 bits per heavy atom. The van der Waals surface area contributed by atoms with Gasteiger partial charge in [0.05, 0.1) is 17.2 Å². The molecule has 1 aromatic carbocycles. The number of alkyl halides is 3. The second-order valence-electron chi connectivity index (χ2n) is 5.52. The van der Waals surface area contributed by atoms with Gasteiger partial charge in [-0.05, 0) is 44.4 Å². The predicted octanol–water partition coefficient (Wildman–Crippen LogP) is 3.47. The molecule has 1 aliphatic rings. The number of carbonyl (C=O) groups excluding carboxylic acids is 1. The van der Waals surface area contributed by atoms with Crippen LogP contribution < -0.4 is 0 Å². The summed E-state index contributed by atoms with van der Waals surface area (Å²) in [6, 6.07) is 1.04. The molecule has 0 radical (unpaired) electrons. The van der Waals surface area contributed by atoms with Gasteiger partial charge >= 0.3 is 12.1 Å². The van der Waals surface area contributed by atoms with E-state index in [1.807, 2.05) is 0 Å². The molecular weight excluding hydrogens is 383 g/mol. The summed E-state index contributed by atoms with van der Waals surface area (Å²) in [7, 11) is -4.23. The van der Waals surface area contributed by atoms with Crippen molar-refractivity contribution < 1.29 is 31.1 Å². The average molecular weight is 400 g/mol. The first kappa shape index (κ1) is 20.0. The van der Waals surface area contributed by atoms with Crippen LogP contribution in [0.15, 0.2) is 23.1 Å². The summed E-state index contributed by atoms with van der Waals surface area (Å²) < 4.78 is 69.7. The van der Waals surface area contributed by atoms with Crippen molar-refractivity contribution in [1.82, 2.24) is 4.31 Å². The Morgan fingerprint density at radius 2 is 2.04 bits per heavy atom. The minimum Gasteiger partial charge on any atom is -0.465 e. The molecule has 0 bridgehead atoms. The maximum Gasteiger partial charge on any atom is 0.416 e. The van der Waals surface area contributed by atoms with Crippen LogP contribution in [0.2, 0.25) is 5.02 Å². The second kappa shape index (κ2) is 7.51. The SMILES string of the molecule is CCOC(=O)C1CCCCN1S(=O)(=O)c1ccc(C(F)(F)F)cc1Cl. The summed E-state index contributed by atoms with van der Waals surface area (Å²) in [6.07, 6.45) is -3.16. The second-order valence-corrected chi connectivity index (χ2v) is 7.79. The molecule has 0 amide bonds. The molecule has 2 rings (SSSR count). The topological polar surface area (TPSA) is 63.7 Å². The normalized spacial score (nSPS) is 19.6. The quantitative estimate of drug-likeness (QED) is 0.727. The lowest BCUT2D eigenvalue weighted by atomic mass is 10.1. The summed E-state index contributed by atoms with van der Waals surface area (Å²) in [5.41, 5.74) is -1.04. The third-order valence-electron chi connectivity index (χ3n) is 3.86. The molecule has 0 aliphatic carbocycles. The summed E-state index contributed by atoms with van der Waals surface area (Å²) in [5, 5.41) is -0.539. The fraction of sp³-hybridized carbons (Fsp3) is 0.533. The van der Waals surface area contributed by atoms with Crippen molar-refractivity contribution in [3.63, 3.8) is 0 Å². The van der Waals surface area contributed by atoms with Crippen LogP contribution in [0.1, 0.15) is 31.7 Å². The molecule has 1 unspecified atom stereocenters. The smallest absolute Gasteiger partial charge is 0.416 e. The molecule has 1 fully saturated rings. The van der Waals surface area contributed by atoms with E-state index in [9.17, 15) is 26.4 Å². The van der Waals surface area contributed by atoms with Crippen LogP contribution in [0.4, 0.5) is 13.2 Å². The van der Waals surface area contributed by atoms with Crippen molar-refractivity contribution in [2.75, 3.05) is 13.2 Å². The molecule has 140 valence electrons. The van der Waals surface area contributed by atoms with Crippen molar-refractivity contribution in [3.05, 3.63) is 28.8 Å². The van der Waals surface area contributed by atoms with E-state index in [0.29, 0.717) is 25.0 Å². The van der Waals surface area contributed by atoms with Crippen LogP contribution in [0.25, 0.3) is 0 Å². The molecular formula is C15H17ClF3NO4S. The molecule has 0 aromatic heterocycles. The number of carbonyl (C=O) groups is 1. The van der Waals surface area contributed by atoms with Gasteiger partial charge in [-0.25, -0.2) is 8.42 Å². The van der Waals surface area contributed by atoms with Crippen LogP contribution in [-0.2, 0) is 25.7 Å². The molecule has 1 aliphatic heterocycles. The molecule has 0 spiro atoms. The van der Waals surface area contributed by atoms with Crippen molar-refractivity contribution >= 4 is 27.6 Å². The van der Waals surface area contributed by atoms with Gasteiger partial charge in [0.2, 0.25) is 10.0 Å². The van der Waals surface area contributed by atoms with Gasteiger partial charge in [0, 0.05) is 6.54 Å². The van der Waals surface area contributed by atoms with Crippen LogP contribution in [0.3, 0.4) is 0 Å². The largest absolute Gasteiger partial charge is 0.465 e. The van der Waals surface area contributed by atoms with E-state index >= 15 is 0 Å². The zero-order valence-electron chi connectivity index (χ0n) is 13.3. The number of sulfonamides is 1. The van der Waals surface area contributed by atoms with Gasteiger partial charge in [-0.1, -0.05) is 11.6 Å². The van der Waals surface area contributed by atoms with Crippen LogP contribution in [0.5, 0.6) is 0 Å². The fourth-order valence-electron chi connectivity index (χ4n) is 2.68. The predicted molar refractivity (Wildman–Crippen MR) is 84.6 cm³/mol. The van der Waals surface area contributed by atoms with E-state index in [4.69, 9.17) is 16.3 Å². The zero-order valence-corrected chi connectivity index (χ0v) is 14.9. The van der Waals surface area contributed by atoms with Crippen molar-refractivity contribution in [2.45, 2.75) is 43.3 Å². The molecule has 1 heterocycles. The molecule has 0 N–H and O–H groups in total. The van der Waals surface area contributed by atoms with E-state index < -0.39 is 43.7 Å². The lowest BCUT2D eigenvalue weighted by molar-refractivity contribution is -0.148. The van der Waals surface area contributed by atoms with E-state index in [1.54, 1.807) is 6.92 Å². The standard InChI is InChI=1S/C15H17ClF3NO4S/c1-2-24-14(21)12-5-3-4-8-20(12)25(22,23)13-7-6-10(9-11(13)16)15(17,18)19/h6-7,9,12H,2-5,8H2,1H3. The molecule has 25 heavy (non-hydrogen) atoms. The van der Waals surface area contributed by atoms with E-state index in [0.717, 1.165) is 10.4 Å². The first-order valence-corrected chi connectivity index (χ1v) is 9.46. The Morgan fingerprint density at radius 1 is 1.36 bits per heavy atom.